The molecule has 0 aromatic carbocycles. The molecule has 0 aliphatic rings. The van der Waals surface area contributed by atoms with Crippen LogP contribution in [0.25, 0.3) is 0 Å². The molecule has 90 valence electrons. The molecule has 1 aromatic heterocycles. The Hall–Kier alpha value is -0.560. The Morgan fingerprint density at radius 3 is 2.88 bits per heavy atom. The highest BCUT2D eigenvalue weighted by Crippen LogP contribution is 2.11. The summed E-state index contributed by atoms with van der Waals surface area (Å²) in [5.41, 5.74) is 0.317. The van der Waals surface area contributed by atoms with E-state index in [-0.39, 0.29) is 0 Å². The van der Waals surface area contributed by atoms with E-state index in [1.165, 1.54) is 0 Å². The van der Waals surface area contributed by atoms with Gasteiger partial charge in [0.2, 0.25) is 0 Å². The van der Waals surface area contributed by atoms with Crippen molar-refractivity contribution in [2.24, 2.45) is 5.92 Å². The zero-order valence-corrected chi connectivity index (χ0v) is 11.6. The fourth-order valence-electron chi connectivity index (χ4n) is 1.32. The number of carboxylic acid groups (broad SMARTS) is 1. The van der Waals surface area contributed by atoms with Crippen LogP contribution in [0.2, 0.25) is 0 Å². The van der Waals surface area contributed by atoms with Gasteiger partial charge in [-0.1, -0.05) is 13.8 Å². The van der Waals surface area contributed by atoms with Gasteiger partial charge in [-0.25, -0.2) is 4.79 Å². The summed E-state index contributed by atoms with van der Waals surface area (Å²) >= 11 is 2.11. The Morgan fingerprint density at radius 2 is 2.31 bits per heavy atom. The molecule has 0 fully saturated rings. The van der Waals surface area contributed by atoms with E-state index in [1.54, 1.807) is 10.6 Å². The summed E-state index contributed by atoms with van der Waals surface area (Å²) in [6.07, 6.45) is 1.82. The quantitative estimate of drug-likeness (QED) is 0.641. The Kier molecular flexibility index (Phi) is 5.27. The molecule has 0 amide bonds. The number of nitrogens with zero attached hydrogens (tertiary/aromatic N) is 1. The van der Waals surface area contributed by atoms with Crippen molar-refractivity contribution in [1.29, 1.82) is 0 Å². The fourth-order valence-corrected chi connectivity index (χ4v) is 1.95. The number of ether oxygens (including phenoxy) is 1. The van der Waals surface area contributed by atoms with Gasteiger partial charge in [0.1, 0.15) is 5.69 Å². The lowest BCUT2D eigenvalue weighted by Gasteiger charge is -2.08. The van der Waals surface area contributed by atoms with Crippen LogP contribution in [0.3, 0.4) is 0 Å². The van der Waals surface area contributed by atoms with Gasteiger partial charge >= 0.3 is 5.97 Å². The van der Waals surface area contributed by atoms with Crippen molar-refractivity contribution < 1.29 is 14.6 Å². The van der Waals surface area contributed by atoms with Crippen molar-refractivity contribution >= 4 is 28.6 Å². The Bertz CT molecular complexity index is 360. The third-order valence-corrected chi connectivity index (χ3v) is 2.60. The van der Waals surface area contributed by atoms with E-state index in [9.17, 15) is 4.79 Å². The van der Waals surface area contributed by atoms with Crippen LogP contribution in [-0.2, 0) is 11.3 Å². The summed E-state index contributed by atoms with van der Waals surface area (Å²) in [6.45, 7) is 6.00. The van der Waals surface area contributed by atoms with E-state index in [4.69, 9.17) is 9.84 Å². The second kappa shape index (κ2) is 6.24. The predicted octanol–water partition coefficient (Wildman–Crippen LogP) is 2.46. The fraction of sp³-hybridized carbons (Fsp3) is 0.545. The Morgan fingerprint density at radius 1 is 1.62 bits per heavy atom. The lowest BCUT2D eigenvalue weighted by molar-refractivity contribution is 0.0677. The highest BCUT2D eigenvalue weighted by Gasteiger charge is 2.10. The number of aromatic carboxylic acids is 1. The van der Waals surface area contributed by atoms with E-state index in [0.29, 0.717) is 31.4 Å². The topological polar surface area (TPSA) is 51.5 Å². The molecule has 0 saturated heterocycles. The van der Waals surface area contributed by atoms with E-state index in [2.05, 4.69) is 36.4 Å². The Labute approximate surface area is 109 Å². The Balaban J connectivity index is 2.50. The summed E-state index contributed by atoms with van der Waals surface area (Å²) < 4.78 is 8.07. The average molecular weight is 337 g/mol. The zero-order chi connectivity index (χ0) is 12.1. The maximum Gasteiger partial charge on any atom is 0.352 e. The van der Waals surface area contributed by atoms with Crippen LogP contribution in [0, 0.1) is 9.49 Å². The van der Waals surface area contributed by atoms with Gasteiger partial charge in [0.25, 0.3) is 0 Å². The zero-order valence-electron chi connectivity index (χ0n) is 9.44. The molecule has 0 radical (unpaired) electrons. The van der Waals surface area contributed by atoms with Gasteiger partial charge in [-0.2, -0.15) is 0 Å². The maximum absolute atomic E-state index is 10.9. The van der Waals surface area contributed by atoms with Crippen molar-refractivity contribution in [3.05, 3.63) is 21.5 Å². The SMILES string of the molecule is CC(C)COCCn1cc(I)cc1C(=O)O. The number of rotatable bonds is 6. The minimum atomic E-state index is -0.897. The number of hydrogen-bond donors (Lipinski definition) is 1. The molecule has 1 aromatic rings. The lowest BCUT2D eigenvalue weighted by Crippen LogP contribution is -2.13. The monoisotopic (exact) mass is 337 g/mol. The van der Waals surface area contributed by atoms with Gasteiger partial charge in [0, 0.05) is 22.9 Å². The average Bonchev–Trinajstić information content (AvgIpc) is 2.54. The van der Waals surface area contributed by atoms with Gasteiger partial charge in [-0.05, 0) is 34.6 Å². The first-order valence-electron chi connectivity index (χ1n) is 5.17. The molecule has 16 heavy (non-hydrogen) atoms. The van der Waals surface area contributed by atoms with Crippen molar-refractivity contribution in [2.45, 2.75) is 20.4 Å². The van der Waals surface area contributed by atoms with Crippen LogP contribution in [0.5, 0.6) is 0 Å². The first-order chi connectivity index (χ1) is 7.50. The highest BCUT2D eigenvalue weighted by atomic mass is 127. The minimum Gasteiger partial charge on any atom is -0.477 e. The van der Waals surface area contributed by atoms with Gasteiger partial charge in [-0.15, -0.1) is 0 Å². The predicted molar refractivity (Wildman–Crippen MR) is 69.8 cm³/mol. The maximum atomic E-state index is 10.9. The van der Waals surface area contributed by atoms with Crippen LogP contribution >= 0.6 is 22.6 Å². The molecule has 0 aliphatic heterocycles. The normalized spacial score (nSPS) is 11.0. The molecule has 1 N–H and O–H groups in total. The lowest BCUT2D eigenvalue weighted by atomic mass is 10.2. The smallest absolute Gasteiger partial charge is 0.352 e. The van der Waals surface area contributed by atoms with E-state index >= 15 is 0 Å². The summed E-state index contributed by atoms with van der Waals surface area (Å²) in [5, 5.41) is 8.96. The molecule has 0 bridgehead atoms. The molecule has 4 nitrogen and oxygen atoms in total. The summed E-state index contributed by atoms with van der Waals surface area (Å²) in [6, 6.07) is 1.66. The third kappa shape index (κ3) is 4.13. The van der Waals surface area contributed by atoms with Crippen LogP contribution in [0.1, 0.15) is 24.3 Å². The molecule has 5 heteroatoms. The van der Waals surface area contributed by atoms with Crippen LogP contribution in [0.4, 0.5) is 0 Å². The van der Waals surface area contributed by atoms with E-state index in [1.807, 2.05) is 6.20 Å². The second-order valence-corrected chi connectivity index (χ2v) is 5.26. The molecule has 0 spiro atoms. The molecular formula is C11H16INO3. The van der Waals surface area contributed by atoms with Crippen LogP contribution in [-0.4, -0.2) is 28.9 Å². The number of halogens is 1. The molecular weight excluding hydrogens is 321 g/mol. The van der Waals surface area contributed by atoms with Crippen LogP contribution < -0.4 is 0 Å². The van der Waals surface area contributed by atoms with Crippen molar-refractivity contribution in [3.63, 3.8) is 0 Å². The highest BCUT2D eigenvalue weighted by molar-refractivity contribution is 14.1. The van der Waals surface area contributed by atoms with Crippen molar-refractivity contribution in [3.8, 4) is 0 Å². The number of aromatic nitrogens is 1. The number of carboxylic acids is 1. The first kappa shape index (κ1) is 13.5. The number of carbonyl (C=O) groups is 1. The van der Waals surface area contributed by atoms with Crippen molar-refractivity contribution in [2.75, 3.05) is 13.2 Å². The van der Waals surface area contributed by atoms with Crippen molar-refractivity contribution in [1.82, 2.24) is 4.57 Å². The third-order valence-electron chi connectivity index (χ3n) is 2.01. The first-order valence-corrected chi connectivity index (χ1v) is 6.25. The van der Waals surface area contributed by atoms with Crippen LogP contribution in [0.15, 0.2) is 12.3 Å². The second-order valence-electron chi connectivity index (χ2n) is 4.01. The summed E-state index contributed by atoms with van der Waals surface area (Å²) in [4.78, 5) is 10.9. The van der Waals surface area contributed by atoms with E-state index in [0.717, 1.165) is 3.57 Å². The van der Waals surface area contributed by atoms with Gasteiger partial charge < -0.3 is 14.4 Å². The molecule has 0 unspecified atom stereocenters. The molecule has 1 heterocycles. The molecule has 1 rings (SSSR count). The van der Waals surface area contributed by atoms with Gasteiger partial charge in [-0.3, -0.25) is 0 Å². The molecule has 0 aliphatic carbocycles. The van der Waals surface area contributed by atoms with Gasteiger partial charge in [0.05, 0.1) is 6.61 Å². The summed E-state index contributed by atoms with van der Waals surface area (Å²) in [5.74, 6) is -0.393. The molecule has 0 saturated carbocycles. The minimum absolute atomic E-state index is 0.317. The standard InChI is InChI=1S/C11H16INO3/c1-8(2)7-16-4-3-13-6-9(12)5-10(13)11(14)15/h5-6,8H,3-4,7H2,1-2H3,(H,14,15). The largest absolute Gasteiger partial charge is 0.477 e. The summed E-state index contributed by atoms with van der Waals surface area (Å²) in [7, 11) is 0. The molecule has 0 atom stereocenters. The number of hydrogen-bond acceptors (Lipinski definition) is 2. The van der Waals surface area contributed by atoms with E-state index < -0.39 is 5.97 Å². The van der Waals surface area contributed by atoms with Gasteiger partial charge in [0.15, 0.2) is 0 Å².